The van der Waals surface area contributed by atoms with Gasteiger partial charge in [-0.1, -0.05) is 17.7 Å². The molecular formula is C14H10ClF3O4S. The minimum absolute atomic E-state index is 0.0289. The number of hydrogen-bond donors (Lipinski definition) is 0. The van der Waals surface area contributed by atoms with Crippen molar-refractivity contribution in [3.63, 3.8) is 0 Å². The first-order valence-electron chi connectivity index (χ1n) is 6.09. The molecular weight excluding hydrogens is 357 g/mol. The summed E-state index contributed by atoms with van der Waals surface area (Å²) in [4.78, 5) is -0.305. The smallest absolute Gasteiger partial charge is 0.416 e. The third-order valence-electron chi connectivity index (χ3n) is 2.78. The zero-order chi connectivity index (χ0) is 17.3. The number of methoxy groups -OCH3 is 1. The van der Waals surface area contributed by atoms with E-state index in [1.165, 1.54) is 19.2 Å². The molecule has 0 N–H and O–H groups in total. The maximum atomic E-state index is 12.6. The van der Waals surface area contributed by atoms with Crippen LogP contribution in [-0.4, -0.2) is 15.5 Å². The van der Waals surface area contributed by atoms with Crippen LogP contribution in [0.4, 0.5) is 13.2 Å². The largest absolute Gasteiger partial charge is 0.495 e. The summed E-state index contributed by atoms with van der Waals surface area (Å²) < 4.78 is 71.7. The lowest BCUT2D eigenvalue weighted by Gasteiger charge is -2.11. The highest BCUT2D eigenvalue weighted by atomic mass is 35.5. The molecule has 0 aliphatic carbocycles. The van der Waals surface area contributed by atoms with E-state index in [0.717, 1.165) is 24.3 Å². The van der Waals surface area contributed by atoms with Gasteiger partial charge in [-0.05, 0) is 36.4 Å². The fourth-order valence-electron chi connectivity index (χ4n) is 1.70. The third-order valence-corrected chi connectivity index (χ3v) is 4.32. The highest BCUT2D eigenvalue weighted by Gasteiger charge is 2.31. The Bertz CT molecular complexity index is 819. The van der Waals surface area contributed by atoms with Gasteiger partial charge in [0, 0.05) is 0 Å². The van der Waals surface area contributed by atoms with Gasteiger partial charge in [-0.25, -0.2) is 0 Å². The minimum atomic E-state index is -4.60. The van der Waals surface area contributed by atoms with Crippen molar-refractivity contribution in [2.24, 2.45) is 0 Å². The van der Waals surface area contributed by atoms with Gasteiger partial charge in [0.05, 0.1) is 17.7 Å². The van der Waals surface area contributed by atoms with Crippen molar-refractivity contribution in [1.82, 2.24) is 0 Å². The van der Waals surface area contributed by atoms with Gasteiger partial charge >= 0.3 is 16.3 Å². The van der Waals surface area contributed by atoms with Crippen molar-refractivity contribution in [2.75, 3.05) is 7.11 Å². The summed E-state index contributed by atoms with van der Waals surface area (Å²) in [6, 6.07) is 7.14. The summed E-state index contributed by atoms with van der Waals surface area (Å²) in [6.07, 6.45) is -4.60. The van der Waals surface area contributed by atoms with E-state index in [0.29, 0.717) is 6.07 Å². The average molecular weight is 367 g/mol. The lowest BCUT2D eigenvalue weighted by Crippen LogP contribution is -2.11. The van der Waals surface area contributed by atoms with Crippen LogP contribution in [0.25, 0.3) is 0 Å². The van der Waals surface area contributed by atoms with Crippen LogP contribution < -0.4 is 8.92 Å². The second-order valence-electron chi connectivity index (χ2n) is 4.36. The summed E-state index contributed by atoms with van der Waals surface area (Å²) in [6.45, 7) is 0. The van der Waals surface area contributed by atoms with Gasteiger partial charge in [0.1, 0.15) is 16.4 Å². The van der Waals surface area contributed by atoms with E-state index < -0.39 is 27.6 Å². The van der Waals surface area contributed by atoms with E-state index in [1.807, 2.05) is 0 Å². The summed E-state index contributed by atoms with van der Waals surface area (Å²) in [7, 11) is -2.97. The molecule has 0 aromatic heterocycles. The van der Waals surface area contributed by atoms with Gasteiger partial charge in [-0.2, -0.15) is 21.6 Å². The lowest BCUT2D eigenvalue weighted by molar-refractivity contribution is -0.137. The number of rotatable bonds is 4. The summed E-state index contributed by atoms with van der Waals surface area (Å²) >= 11 is 5.83. The normalized spacial score (nSPS) is 12.0. The Hall–Kier alpha value is -1.93. The first-order chi connectivity index (χ1) is 10.6. The van der Waals surface area contributed by atoms with Gasteiger partial charge in [0.25, 0.3) is 0 Å². The van der Waals surface area contributed by atoms with Crippen LogP contribution in [0.2, 0.25) is 5.02 Å². The molecule has 124 valence electrons. The molecule has 0 unspecified atom stereocenters. The second kappa shape index (κ2) is 6.29. The Morgan fingerprint density at radius 1 is 1.09 bits per heavy atom. The summed E-state index contributed by atoms with van der Waals surface area (Å²) in [5.74, 6) is -0.198. The molecule has 0 bridgehead atoms. The van der Waals surface area contributed by atoms with Crippen molar-refractivity contribution in [3.8, 4) is 11.5 Å². The molecule has 0 atom stereocenters. The molecule has 2 aromatic rings. The summed E-state index contributed by atoms with van der Waals surface area (Å²) in [5, 5.41) is 0.0289. The molecule has 0 spiro atoms. The maximum Gasteiger partial charge on any atom is 0.416 e. The SMILES string of the molecule is COc1ccc(S(=O)(=O)Oc2cccc(C(F)(F)F)c2)cc1Cl. The van der Waals surface area contributed by atoms with Gasteiger partial charge < -0.3 is 8.92 Å². The van der Waals surface area contributed by atoms with Crippen LogP contribution in [0.3, 0.4) is 0 Å². The van der Waals surface area contributed by atoms with E-state index in [2.05, 4.69) is 0 Å². The second-order valence-corrected chi connectivity index (χ2v) is 6.31. The molecule has 0 aliphatic heterocycles. The molecule has 9 heteroatoms. The average Bonchev–Trinajstić information content (AvgIpc) is 2.46. The van der Waals surface area contributed by atoms with Crippen LogP contribution in [-0.2, 0) is 16.3 Å². The molecule has 23 heavy (non-hydrogen) atoms. The van der Waals surface area contributed by atoms with Crippen LogP contribution in [0.1, 0.15) is 5.56 Å². The Morgan fingerprint density at radius 3 is 2.35 bits per heavy atom. The number of benzene rings is 2. The van der Waals surface area contributed by atoms with E-state index >= 15 is 0 Å². The minimum Gasteiger partial charge on any atom is -0.495 e. The lowest BCUT2D eigenvalue weighted by atomic mass is 10.2. The molecule has 0 saturated carbocycles. The molecule has 0 amide bonds. The maximum absolute atomic E-state index is 12.6. The summed E-state index contributed by atoms with van der Waals surface area (Å²) in [5.41, 5.74) is -1.02. The van der Waals surface area contributed by atoms with Gasteiger partial charge in [-0.15, -0.1) is 0 Å². The van der Waals surface area contributed by atoms with E-state index in [4.69, 9.17) is 20.5 Å². The number of hydrogen-bond acceptors (Lipinski definition) is 4. The Labute approximate surface area is 135 Å². The standard InChI is InChI=1S/C14H10ClF3O4S/c1-21-13-6-5-11(8-12(13)15)23(19,20)22-10-4-2-3-9(7-10)14(16,17)18/h2-8H,1H3. The molecule has 2 aromatic carbocycles. The van der Waals surface area contributed by atoms with Gasteiger partial charge in [-0.3, -0.25) is 0 Å². The fraction of sp³-hybridized carbons (Fsp3) is 0.143. The van der Waals surface area contributed by atoms with E-state index in [9.17, 15) is 21.6 Å². The molecule has 0 heterocycles. The number of alkyl halides is 3. The monoisotopic (exact) mass is 366 g/mol. The molecule has 4 nitrogen and oxygen atoms in total. The predicted octanol–water partition coefficient (Wildman–Crippen LogP) is 4.14. The van der Waals surface area contributed by atoms with Crippen LogP contribution in [0, 0.1) is 0 Å². The van der Waals surface area contributed by atoms with Crippen molar-refractivity contribution >= 4 is 21.7 Å². The third kappa shape index (κ3) is 4.08. The molecule has 0 fully saturated rings. The topological polar surface area (TPSA) is 52.6 Å². The van der Waals surface area contributed by atoms with Gasteiger partial charge in [0.2, 0.25) is 0 Å². The molecule has 0 saturated heterocycles. The van der Waals surface area contributed by atoms with Crippen molar-refractivity contribution in [1.29, 1.82) is 0 Å². The Kier molecular flexibility index (Phi) is 4.76. The highest BCUT2D eigenvalue weighted by molar-refractivity contribution is 7.87. The van der Waals surface area contributed by atoms with Crippen LogP contribution >= 0.6 is 11.6 Å². The first kappa shape index (κ1) is 17.4. The number of ether oxygens (including phenoxy) is 1. The number of halogens is 4. The fourth-order valence-corrected chi connectivity index (χ4v) is 2.97. The zero-order valence-electron chi connectivity index (χ0n) is 11.6. The zero-order valence-corrected chi connectivity index (χ0v) is 13.2. The van der Waals surface area contributed by atoms with Crippen molar-refractivity contribution in [2.45, 2.75) is 11.1 Å². The highest BCUT2D eigenvalue weighted by Crippen LogP contribution is 2.33. The predicted molar refractivity (Wildman–Crippen MR) is 77.3 cm³/mol. The van der Waals surface area contributed by atoms with Crippen molar-refractivity contribution in [3.05, 3.63) is 53.1 Å². The van der Waals surface area contributed by atoms with Gasteiger partial charge in [0.15, 0.2) is 0 Å². The first-order valence-corrected chi connectivity index (χ1v) is 7.87. The van der Waals surface area contributed by atoms with Crippen LogP contribution in [0.15, 0.2) is 47.4 Å². The van der Waals surface area contributed by atoms with Crippen LogP contribution in [0.5, 0.6) is 11.5 Å². The molecule has 0 radical (unpaired) electrons. The molecule has 0 aliphatic rings. The Morgan fingerprint density at radius 2 is 1.78 bits per heavy atom. The van der Waals surface area contributed by atoms with Crippen molar-refractivity contribution < 1.29 is 30.5 Å². The quantitative estimate of drug-likeness (QED) is 0.763. The Balaban J connectivity index is 2.33. The van der Waals surface area contributed by atoms with E-state index in [1.54, 1.807) is 0 Å². The molecule has 2 rings (SSSR count). The van der Waals surface area contributed by atoms with E-state index in [-0.39, 0.29) is 15.7 Å².